The topological polar surface area (TPSA) is 83.5 Å². The molecule has 0 bridgehead atoms. The number of aromatic nitrogens is 3. The highest BCUT2D eigenvalue weighted by Gasteiger charge is 2.18. The van der Waals surface area contributed by atoms with Crippen LogP contribution in [0.4, 0.5) is 0 Å². The second-order valence-electron chi connectivity index (χ2n) is 12.3. The third-order valence-electron chi connectivity index (χ3n) is 9.57. The van der Waals surface area contributed by atoms with Crippen LogP contribution < -0.4 is 0 Å². The molecule has 226 valence electrons. The third-order valence-corrected chi connectivity index (χ3v) is 9.57. The number of para-hydroxylation sites is 2. The number of hydrogen-bond acceptors (Lipinski definition) is 4. The van der Waals surface area contributed by atoms with Gasteiger partial charge in [-0.15, -0.1) is 0 Å². The zero-order valence-electron chi connectivity index (χ0n) is 25.9. The maximum Gasteiger partial charge on any atom is 0.145 e. The number of nitrogens with zero attached hydrogens (tertiary/aromatic N) is 5. The van der Waals surface area contributed by atoms with Crippen molar-refractivity contribution in [1.29, 1.82) is 10.5 Å². The average Bonchev–Trinajstić information content (AvgIpc) is 3.80. The number of fused-ring (bicyclic) bond motifs is 9. The van der Waals surface area contributed by atoms with E-state index in [0.717, 1.165) is 88.2 Å². The molecule has 49 heavy (non-hydrogen) atoms. The highest BCUT2D eigenvalue weighted by atomic mass is 16.3. The van der Waals surface area contributed by atoms with Crippen molar-refractivity contribution in [2.45, 2.75) is 0 Å². The number of benzene rings is 6. The first-order valence-electron chi connectivity index (χ1n) is 16.0. The second kappa shape index (κ2) is 10.2. The molecule has 6 heteroatoms. The summed E-state index contributed by atoms with van der Waals surface area (Å²) in [7, 11) is 0. The van der Waals surface area contributed by atoms with Gasteiger partial charge in [-0.05, 0) is 90.0 Å². The van der Waals surface area contributed by atoms with Crippen molar-refractivity contribution in [3.8, 4) is 34.6 Å². The molecule has 0 radical (unpaired) electrons. The van der Waals surface area contributed by atoms with Crippen LogP contribution in [0.5, 0.6) is 0 Å². The Morgan fingerprint density at radius 1 is 0.469 bits per heavy atom. The zero-order chi connectivity index (χ0) is 32.6. The van der Waals surface area contributed by atoms with E-state index in [9.17, 15) is 10.5 Å². The van der Waals surface area contributed by atoms with E-state index in [1.165, 1.54) is 0 Å². The monoisotopic (exact) mass is 625 g/mol. The van der Waals surface area contributed by atoms with Gasteiger partial charge in [-0.2, -0.15) is 10.5 Å². The molecule has 0 saturated heterocycles. The first-order valence-corrected chi connectivity index (χ1v) is 16.0. The Hall–Kier alpha value is -7.15. The van der Waals surface area contributed by atoms with Crippen molar-refractivity contribution < 1.29 is 4.42 Å². The van der Waals surface area contributed by atoms with Gasteiger partial charge in [0.2, 0.25) is 0 Å². The van der Waals surface area contributed by atoms with Crippen LogP contribution in [-0.2, 0) is 0 Å². The van der Waals surface area contributed by atoms with Gasteiger partial charge >= 0.3 is 0 Å². The molecule has 0 saturated carbocycles. The van der Waals surface area contributed by atoms with E-state index in [1.54, 1.807) is 0 Å². The summed E-state index contributed by atoms with van der Waals surface area (Å²) in [6.45, 7) is 0. The Balaban J connectivity index is 1.19. The Bertz CT molecular complexity index is 3090. The fourth-order valence-corrected chi connectivity index (χ4v) is 7.44. The normalized spacial score (nSPS) is 11.6. The Labute approximate surface area is 279 Å². The lowest BCUT2D eigenvalue weighted by molar-refractivity contribution is 0.669. The summed E-state index contributed by atoms with van der Waals surface area (Å²) >= 11 is 0. The molecule has 10 aromatic rings. The van der Waals surface area contributed by atoms with Gasteiger partial charge < -0.3 is 8.98 Å². The van der Waals surface area contributed by atoms with Crippen molar-refractivity contribution in [2.75, 3.05) is 0 Å². The maximum absolute atomic E-state index is 10.2. The molecule has 6 nitrogen and oxygen atoms in total. The molecule has 0 aliphatic carbocycles. The predicted octanol–water partition coefficient (Wildman–Crippen LogP) is 10.6. The van der Waals surface area contributed by atoms with E-state index in [0.29, 0.717) is 11.1 Å². The van der Waals surface area contributed by atoms with Crippen molar-refractivity contribution in [3.63, 3.8) is 0 Å². The highest BCUT2D eigenvalue weighted by molar-refractivity contribution is 6.16. The molecule has 0 aliphatic heterocycles. The van der Waals surface area contributed by atoms with E-state index >= 15 is 0 Å². The van der Waals surface area contributed by atoms with Gasteiger partial charge in [0.25, 0.3) is 0 Å². The largest absolute Gasteiger partial charge is 0.456 e. The van der Waals surface area contributed by atoms with Gasteiger partial charge in [0, 0.05) is 56.0 Å². The molecule has 6 aromatic carbocycles. The second-order valence-corrected chi connectivity index (χ2v) is 12.3. The predicted molar refractivity (Wildman–Crippen MR) is 195 cm³/mol. The van der Waals surface area contributed by atoms with Crippen LogP contribution in [0.15, 0.2) is 144 Å². The smallest absolute Gasteiger partial charge is 0.145 e. The summed E-state index contributed by atoms with van der Waals surface area (Å²) in [5, 5.41) is 26.2. The summed E-state index contributed by atoms with van der Waals surface area (Å²) in [6, 6.07) is 49.5. The SMILES string of the molecule is N#Cc1cc(-c2cccc(-n3c4cc5oc6ccccc6c5cc4c4cccnc43)c2)cc(-n2c3ccccc3c3cc(C#N)ccc32)c1. The van der Waals surface area contributed by atoms with Gasteiger partial charge in [0.1, 0.15) is 16.8 Å². The number of pyridine rings is 1. The van der Waals surface area contributed by atoms with Crippen LogP contribution in [0.3, 0.4) is 0 Å². The zero-order valence-corrected chi connectivity index (χ0v) is 25.9. The van der Waals surface area contributed by atoms with Crippen LogP contribution in [0.1, 0.15) is 11.1 Å². The van der Waals surface area contributed by atoms with Gasteiger partial charge in [-0.3, -0.25) is 4.57 Å². The summed E-state index contributed by atoms with van der Waals surface area (Å²) in [5.74, 6) is 0. The minimum Gasteiger partial charge on any atom is -0.456 e. The molecular weight excluding hydrogens is 603 g/mol. The Morgan fingerprint density at radius 3 is 2.14 bits per heavy atom. The molecule has 0 spiro atoms. The van der Waals surface area contributed by atoms with Crippen LogP contribution >= 0.6 is 0 Å². The van der Waals surface area contributed by atoms with Crippen LogP contribution in [0, 0.1) is 22.7 Å². The van der Waals surface area contributed by atoms with E-state index in [2.05, 4.69) is 81.9 Å². The molecule has 0 amide bonds. The number of furan rings is 1. The van der Waals surface area contributed by atoms with E-state index < -0.39 is 0 Å². The van der Waals surface area contributed by atoms with Crippen LogP contribution in [0.25, 0.3) is 88.2 Å². The molecule has 4 heterocycles. The van der Waals surface area contributed by atoms with E-state index in [4.69, 9.17) is 9.40 Å². The quantitative estimate of drug-likeness (QED) is 0.196. The van der Waals surface area contributed by atoms with Crippen molar-refractivity contribution in [3.05, 3.63) is 151 Å². The molecule has 0 N–H and O–H groups in total. The van der Waals surface area contributed by atoms with Gasteiger partial charge in [-0.1, -0.05) is 48.5 Å². The van der Waals surface area contributed by atoms with E-state index in [1.807, 2.05) is 79.0 Å². The van der Waals surface area contributed by atoms with Gasteiger partial charge in [0.15, 0.2) is 0 Å². The molecule has 0 unspecified atom stereocenters. The van der Waals surface area contributed by atoms with E-state index in [-0.39, 0.29) is 0 Å². The fourth-order valence-electron chi connectivity index (χ4n) is 7.44. The number of hydrogen-bond donors (Lipinski definition) is 0. The minimum absolute atomic E-state index is 0.559. The van der Waals surface area contributed by atoms with Crippen LogP contribution in [0.2, 0.25) is 0 Å². The third kappa shape index (κ3) is 3.96. The fraction of sp³-hybridized carbons (Fsp3) is 0. The minimum atomic E-state index is 0.559. The molecule has 4 aromatic heterocycles. The molecule has 0 atom stereocenters. The lowest BCUT2D eigenvalue weighted by Crippen LogP contribution is -1.97. The average molecular weight is 626 g/mol. The van der Waals surface area contributed by atoms with Crippen molar-refractivity contribution in [1.82, 2.24) is 14.1 Å². The lowest BCUT2D eigenvalue weighted by atomic mass is 10.0. The van der Waals surface area contributed by atoms with Crippen molar-refractivity contribution in [2.24, 2.45) is 0 Å². The lowest BCUT2D eigenvalue weighted by Gasteiger charge is -2.13. The first kappa shape index (κ1) is 27.0. The Morgan fingerprint density at radius 2 is 1.24 bits per heavy atom. The van der Waals surface area contributed by atoms with Gasteiger partial charge in [-0.25, -0.2) is 4.98 Å². The molecule has 0 fully saturated rings. The standard InChI is InChI=1S/C43H23N5O/c44-24-26-14-15-39-35(19-26)32-9-1-3-12-38(32)47(39)31-18-27(25-45)17-29(21-31)28-7-5-8-30(20-28)48-40-23-42-37(33-10-2-4-13-41(33)49-42)22-36(40)34-11-6-16-46-43(34)48/h1-23H. The summed E-state index contributed by atoms with van der Waals surface area (Å²) < 4.78 is 10.7. The highest BCUT2D eigenvalue weighted by Crippen LogP contribution is 2.39. The number of nitriles is 2. The Kier molecular flexibility index (Phi) is 5.61. The summed E-state index contributed by atoms with van der Waals surface area (Å²) in [4.78, 5) is 4.85. The molecular formula is C43H23N5O. The summed E-state index contributed by atoms with van der Waals surface area (Å²) in [5.41, 5.74) is 10.4. The molecule has 0 aliphatic rings. The van der Waals surface area contributed by atoms with Crippen LogP contribution in [-0.4, -0.2) is 14.1 Å². The number of rotatable bonds is 3. The van der Waals surface area contributed by atoms with Gasteiger partial charge in [0.05, 0.1) is 39.8 Å². The molecule has 10 rings (SSSR count). The van der Waals surface area contributed by atoms with Crippen molar-refractivity contribution >= 4 is 65.7 Å². The summed E-state index contributed by atoms with van der Waals surface area (Å²) in [6.07, 6.45) is 1.83. The first-order chi connectivity index (χ1) is 24.2. The maximum atomic E-state index is 10.2.